The maximum Gasteiger partial charge on any atom is 0.329 e. The van der Waals surface area contributed by atoms with Crippen LogP contribution in [0.5, 0.6) is 0 Å². The van der Waals surface area contributed by atoms with Crippen molar-refractivity contribution in [3.63, 3.8) is 0 Å². The summed E-state index contributed by atoms with van der Waals surface area (Å²) in [5.74, 6) is -0.596. The lowest BCUT2D eigenvalue weighted by Gasteiger charge is -2.19. The molecule has 0 bridgehead atoms. The first-order valence-corrected chi connectivity index (χ1v) is 6.68. The predicted molar refractivity (Wildman–Crippen MR) is 76.5 cm³/mol. The number of benzene rings is 1. The number of ether oxygens (including phenoxy) is 1. The molecule has 0 saturated heterocycles. The molecule has 0 radical (unpaired) electrons. The fraction of sp³-hybridized carbons (Fsp3) is 0.562. The van der Waals surface area contributed by atoms with Crippen LogP contribution in [0.3, 0.4) is 0 Å². The third-order valence-electron chi connectivity index (χ3n) is 3.03. The van der Waals surface area contributed by atoms with Crippen LogP contribution in [0.1, 0.15) is 38.8 Å². The van der Waals surface area contributed by atoms with Gasteiger partial charge in [-0.05, 0) is 28.9 Å². The van der Waals surface area contributed by atoms with Crippen LogP contribution in [0.25, 0.3) is 0 Å². The number of hydrogen-bond acceptors (Lipinski definition) is 2. The van der Waals surface area contributed by atoms with Crippen molar-refractivity contribution in [3.8, 4) is 0 Å². The fourth-order valence-electron chi connectivity index (χ4n) is 1.95. The van der Waals surface area contributed by atoms with Crippen molar-refractivity contribution in [2.45, 2.75) is 39.5 Å². The van der Waals surface area contributed by atoms with Crippen molar-refractivity contribution in [1.29, 1.82) is 0 Å². The summed E-state index contributed by atoms with van der Waals surface area (Å²) in [6.45, 7) is 8.93. The summed E-state index contributed by atoms with van der Waals surface area (Å²) in [5, 5.41) is 8.50. The number of aliphatic carboxylic acids is 1. The van der Waals surface area contributed by atoms with E-state index < -0.39 is 5.97 Å². The molecule has 1 aromatic carbocycles. The third-order valence-corrected chi connectivity index (χ3v) is 3.03. The molecule has 0 aliphatic heterocycles. The Balaban J connectivity index is 2.47. The minimum Gasteiger partial charge on any atom is -0.480 e. The Hall–Kier alpha value is -1.35. The maximum absolute atomic E-state index is 10.3. The van der Waals surface area contributed by atoms with Crippen molar-refractivity contribution in [2.75, 3.05) is 13.2 Å². The molecule has 1 N–H and O–H groups in total. The molecule has 0 heterocycles. The zero-order valence-corrected chi connectivity index (χ0v) is 12.3. The van der Waals surface area contributed by atoms with Gasteiger partial charge in [0.2, 0.25) is 0 Å². The fourth-order valence-corrected chi connectivity index (χ4v) is 1.95. The van der Waals surface area contributed by atoms with Gasteiger partial charge in [-0.25, -0.2) is 4.79 Å². The molecule has 1 rings (SSSR count). The first kappa shape index (κ1) is 15.7. The summed E-state index contributed by atoms with van der Waals surface area (Å²) >= 11 is 0. The van der Waals surface area contributed by atoms with Crippen LogP contribution in [0.4, 0.5) is 0 Å². The van der Waals surface area contributed by atoms with Gasteiger partial charge in [0, 0.05) is 0 Å². The molecular formula is C16H24O3. The van der Waals surface area contributed by atoms with E-state index in [9.17, 15) is 4.79 Å². The molecule has 19 heavy (non-hydrogen) atoms. The molecule has 3 heteroatoms. The van der Waals surface area contributed by atoms with Crippen molar-refractivity contribution in [3.05, 3.63) is 35.4 Å². The zero-order valence-electron chi connectivity index (χ0n) is 12.3. The van der Waals surface area contributed by atoms with E-state index >= 15 is 0 Å². The minimum atomic E-state index is -0.915. The molecule has 0 amide bonds. The van der Waals surface area contributed by atoms with Gasteiger partial charge >= 0.3 is 5.97 Å². The van der Waals surface area contributed by atoms with Crippen LogP contribution >= 0.6 is 0 Å². The van der Waals surface area contributed by atoms with E-state index in [4.69, 9.17) is 9.84 Å². The normalized spacial score (nSPS) is 13.3. The number of carbonyl (C=O) groups is 1. The van der Waals surface area contributed by atoms with Crippen molar-refractivity contribution in [1.82, 2.24) is 0 Å². The molecule has 1 aromatic rings. The van der Waals surface area contributed by atoms with Gasteiger partial charge in [-0.15, -0.1) is 0 Å². The van der Waals surface area contributed by atoms with E-state index in [1.165, 1.54) is 11.1 Å². The number of carboxylic acids is 1. The molecule has 0 aliphatic carbocycles. The van der Waals surface area contributed by atoms with Gasteiger partial charge in [0.05, 0.1) is 6.61 Å². The van der Waals surface area contributed by atoms with Gasteiger partial charge in [0.15, 0.2) is 0 Å². The van der Waals surface area contributed by atoms with E-state index in [-0.39, 0.29) is 12.0 Å². The highest BCUT2D eigenvalue weighted by atomic mass is 16.5. The van der Waals surface area contributed by atoms with Crippen LogP contribution in [0.15, 0.2) is 24.3 Å². The van der Waals surface area contributed by atoms with Gasteiger partial charge in [-0.3, -0.25) is 0 Å². The lowest BCUT2D eigenvalue weighted by Crippen LogP contribution is -2.14. The Labute approximate surface area is 115 Å². The van der Waals surface area contributed by atoms with Crippen LogP contribution in [0.2, 0.25) is 0 Å². The molecular weight excluding hydrogens is 240 g/mol. The molecule has 0 spiro atoms. The molecule has 0 aromatic heterocycles. The Kier molecular flexibility index (Phi) is 5.55. The highest BCUT2D eigenvalue weighted by Gasteiger charge is 2.13. The topological polar surface area (TPSA) is 46.5 Å². The van der Waals surface area contributed by atoms with Crippen molar-refractivity contribution < 1.29 is 14.6 Å². The van der Waals surface area contributed by atoms with Gasteiger partial charge in [-0.1, -0.05) is 52.0 Å². The zero-order chi connectivity index (χ0) is 14.5. The Morgan fingerprint density at radius 3 is 2.32 bits per heavy atom. The molecule has 1 unspecified atom stereocenters. The molecule has 3 nitrogen and oxygen atoms in total. The van der Waals surface area contributed by atoms with Crippen LogP contribution in [-0.4, -0.2) is 24.3 Å². The Morgan fingerprint density at radius 2 is 1.84 bits per heavy atom. The highest BCUT2D eigenvalue weighted by Crippen LogP contribution is 2.22. The standard InChI is InChI=1S/C16H24O3/c1-12(10-19-11-15(17)18)9-13-5-7-14(8-6-13)16(2,3)4/h5-8,12H,9-11H2,1-4H3,(H,17,18). The van der Waals surface area contributed by atoms with Crippen LogP contribution in [-0.2, 0) is 21.4 Å². The second-order valence-corrected chi connectivity index (χ2v) is 6.17. The van der Waals surface area contributed by atoms with Gasteiger partial charge in [-0.2, -0.15) is 0 Å². The molecule has 0 fully saturated rings. The third kappa shape index (κ3) is 5.88. The number of carboxylic acid groups (broad SMARTS) is 1. The summed E-state index contributed by atoms with van der Waals surface area (Å²) in [7, 11) is 0. The lowest BCUT2D eigenvalue weighted by molar-refractivity contribution is -0.142. The number of hydrogen-bond donors (Lipinski definition) is 1. The summed E-state index contributed by atoms with van der Waals surface area (Å²) in [4.78, 5) is 10.3. The summed E-state index contributed by atoms with van der Waals surface area (Å²) in [6.07, 6.45) is 0.907. The highest BCUT2D eigenvalue weighted by molar-refractivity contribution is 5.67. The maximum atomic E-state index is 10.3. The van der Waals surface area contributed by atoms with Crippen LogP contribution in [0, 0.1) is 5.92 Å². The van der Waals surface area contributed by atoms with E-state index in [1.54, 1.807) is 0 Å². The minimum absolute atomic E-state index is 0.175. The SMILES string of the molecule is CC(COCC(=O)O)Cc1ccc(C(C)(C)C)cc1. The summed E-state index contributed by atoms with van der Waals surface area (Å²) in [6, 6.07) is 8.63. The summed E-state index contributed by atoms with van der Waals surface area (Å²) in [5.41, 5.74) is 2.76. The van der Waals surface area contributed by atoms with E-state index in [0.29, 0.717) is 12.5 Å². The van der Waals surface area contributed by atoms with Crippen molar-refractivity contribution >= 4 is 5.97 Å². The average molecular weight is 264 g/mol. The monoisotopic (exact) mass is 264 g/mol. The van der Waals surface area contributed by atoms with Gasteiger partial charge < -0.3 is 9.84 Å². The first-order chi connectivity index (χ1) is 8.79. The number of rotatable bonds is 6. The average Bonchev–Trinajstić information content (AvgIpc) is 2.27. The smallest absolute Gasteiger partial charge is 0.329 e. The van der Waals surface area contributed by atoms with E-state index in [0.717, 1.165) is 6.42 Å². The second-order valence-electron chi connectivity index (χ2n) is 6.17. The Morgan fingerprint density at radius 1 is 1.26 bits per heavy atom. The molecule has 1 atom stereocenters. The molecule has 0 saturated carbocycles. The van der Waals surface area contributed by atoms with Gasteiger partial charge in [0.25, 0.3) is 0 Å². The largest absolute Gasteiger partial charge is 0.480 e. The quantitative estimate of drug-likeness (QED) is 0.857. The predicted octanol–water partition coefficient (Wildman–Crippen LogP) is 3.26. The molecule has 0 aliphatic rings. The van der Waals surface area contributed by atoms with E-state index in [2.05, 4.69) is 52.0 Å². The van der Waals surface area contributed by atoms with E-state index in [1.807, 2.05) is 0 Å². The molecule has 106 valence electrons. The first-order valence-electron chi connectivity index (χ1n) is 6.68. The summed E-state index contributed by atoms with van der Waals surface area (Å²) < 4.78 is 5.11. The van der Waals surface area contributed by atoms with Crippen LogP contribution < -0.4 is 0 Å². The van der Waals surface area contributed by atoms with Crippen molar-refractivity contribution in [2.24, 2.45) is 5.92 Å². The second kappa shape index (κ2) is 6.71. The Bertz CT molecular complexity index is 401. The van der Waals surface area contributed by atoms with Gasteiger partial charge in [0.1, 0.15) is 6.61 Å². The lowest BCUT2D eigenvalue weighted by atomic mass is 9.86.